The van der Waals surface area contributed by atoms with Crippen LogP contribution in [0.25, 0.3) is 0 Å². The first-order chi connectivity index (χ1) is 11.5. The fraction of sp³-hybridized carbons (Fsp3) is 0.600. The minimum absolute atomic E-state index is 0.00720. The number of amides is 1. The van der Waals surface area contributed by atoms with E-state index in [2.05, 4.69) is 4.98 Å². The second-order valence-corrected chi connectivity index (χ2v) is 9.16. The van der Waals surface area contributed by atoms with Crippen LogP contribution in [0.5, 0.6) is 0 Å². The maximum absolute atomic E-state index is 12.6. The molecule has 24 heavy (non-hydrogen) atoms. The number of β-amino-alcohol motifs (C(OH)–C–C–N with tert-alkyl or cyclic N) is 1. The number of fused-ring (bicyclic) bond motifs is 1. The Bertz CT molecular complexity index is 683. The Kier molecular flexibility index (Phi) is 5.43. The van der Waals surface area contributed by atoms with Gasteiger partial charge in [0.15, 0.2) is 9.84 Å². The molecule has 2 saturated heterocycles. The Morgan fingerprint density at radius 3 is 2.79 bits per heavy atom. The molecular formula is C15H21N3O4S2. The smallest absolute Gasteiger partial charge is 0.233 e. The summed E-state index contributed by atoms with van der Waals surface area (Å²) < 4.78 is 24.1. The quantitative estimate of drug-likeness (QED) is 0.696. The van der Waals surface area contributed by atoms with Crippen LogP contribution < -0.4 is 0 Å². The van der Waals surface area contributed by atoms with Crippen LogP contribution in [0.4, 0.5) is 0 Å². The van der Waals surface area contributed by atoms with E-state index in [9.17, 15) is 18.3 Å². The highest BCUT2D eigenvalue weighted by molar-refractivity contribution is 7.99. The predicted molar refractivity (Wildman–Crippen MR) is 91.6 cm³/mol. The van der Waals surface area contributed by atoms with E-state index in [4.69, 9.17) is 0 Å². The molecule has 0 radical (unpaired) electrons. The second-order valence-electron chi connectivity index (χ2n) is 6.01. The van der Waals surface area contributed by atoms with Gasteiger partial charge in [0.1, 0.15) is 0 Å². The van der Waals surface area contributed by atoms with Crippen molar-refractivity contribution < 1.29 is 18.3 Å². The van der Waals surface area contributed by atoms with Gasteiger partial charge < -0.3 is 10.0 Å². The summed E-state index contributed by atoms with van der Waals surface area (Å²) in [5, 5.41) is 9.95. The number of piperazine rings is 1. The van der Waals surface area contributed by atoms with Crippen LogP contribution in [0.1, 0.15) is 0 Å². The molecule has 0 bridgehead atoms. The number of aliphatic hydroxyl groups excluding tert-OH is 1. The maximum Gasteiger partial charge on any atom is 0.233 e. The highest BCUT2D eigenvalue weighted by Crippen LogP contribution is 2.27. The lowest BCUT2D eigenvalue weighted by Crippen LogP contribution is -2.61. The minimum atomic E-state index is -3.15. The molecular weight excluding hydrogens is 350 g/mol. The van der Waals surface area contributed by atoms with Crippen molar-refractivity contribution >= 4 is 27.5 Å². The third-order valence-electron chi connectivity index (χ3n) is 4.48. The standard InChI is InChI=1S/C15H21N3O4S2/c19-8-7-17-5-6-18(13-11-24(21,22)10-12(13)17)15(20)9-23-14-3-1-2-4-16-14/h1-4,12-13,19H,5-11H2/t12-,13+/m0/s1. The third kappa shape index (κ3) is 3.90. The lowest BCUT2D eigenvalue weighted by Gasteiger charge is -2.43. The number of carbonyl (C=O) groups is 1. The molecule has 2 fully saturated rings. The van der Waals surface area contributed by atoms with Crippen molar-refractivity contribution in [2.75, 3.05) is 43.5 Å². The topological polar surface area (TPSA) is 90.8 Å². The van der Waals surface area contributed by atoms with Gasteiger partial charge in [-0.25, -0.2) is 13.4 Å². The SMILES string of the molecule is O=C(CSc1ccccn1)N1CCN(CCO)[C@H]2CS(=O)(=O)C[C@H]21. The van der Waals surface area contributed by atoms with Gasteiger partial charge in [-0.1, -0.05) is 17.8 Å². The molecule has 1 aromatic rings. The fourth-order valence-corrected chi connectivity index (χ4v) is 6.15. The van der Waals surface area contributed by atoms with Gasteiger partial charge in [-0.2, -0.15) is 0 Å². The van der Waals surface area contributed by atoms with E-state index < -0.39 is 9.84 Å². The highest BCUT2D eigenvalue weighted by Gasteiger charge is 2.47. The van der Waals surface area contributed by atoms with Gasteiger partial charge in [-0.15, -0.1) is 0 Å². The molecule has 7 nitrogen and oxygen atoms in total. The normalized spacial score (nSPS) is 26.3. The molecule has 132 valence electrons. The van der Waals surface area contributed by atoms with Gasteiger partial charge in [0.05, 0.1) is 34.9 Å². The van der Waals surface area contributed by atoms with Crippen LogP contribution in [-0.4, -0.2) is 89.8 Å². The van der Waals surface area contributed by atoms with Gasteiger partial charge in [-0.05, 0) is 12.1 Å². The molecule has 2 atom stereocenters. The number of rotatable bonds is 5. The largest absolute Gasteiger partial charge is 0.395 e. The number of pyridine rings is 1. The van der Waals surface area contributed by atoms with Gasteiger partial charge in [0.2, 0.25) is 5.91 Å². The number of carbonyl (C=O) groups excluding carboxylic acids is 1. The molecule has 0 aliphatic carbocycles. The molecule has 0 saturated carbocycles. The van der Waals surface area contributed by atoms with E-state index >= 15 is 0 Å². The summed E-state index contributed by atoms with van der Waals surface area (Å²) >= 11 is 1.36. The second kappa shape index (κ2) is 7.38. The number of sulfone groups is 1. The van der Waals surface area contributed by atoms with Gasteiger partial charge in [0, 0.05) is 31.9 Å². The van der Waals surface area contributed by atoms with Crippen molar-refractivity contribution in [3.05, 3.63) is 24.4 Å². The summed E-state index contributed by atoms with van der Waals surface area (Å²) in [5.41, 5.74) is 0. The van der Waals surface area contributed by atoms with Crippen molar-refractivity contribution in [3.63, 3.8) is 0 Å². The van der Waals surface area contributed by atoms with Crippen molar-refractivity contribution in [2.24, 2.45) is 0 Å². The van der Waals surface area contributed by atoms with Crippen LogP contribution in [0, 0.1) is 0 Å². The zero-order chi connectivity index (χ0) is 17.2. The van der Waals surface area contributed by atoms with Crippen molar-refractivity contribution in [1.82, 2.24) is 14.8 Å². The first kappa shape index (κ1) is 17.7. The molecule has 1 N–H and O–H groups in total. The Morgan fingerprint density at radius 2 is 2.08 bits per heavy atom. The fourth-order valence-electron chi connectivity index (χ4n) is 3.39. The predicted octanol–water partition coefficient (Wildman–Crippen LogP) is -0.524. The molecule has 3 rings (SSSR count). The molecule has 0 aromatic carbocycles. The zero-order valence-electron chi connectivity index (χ0n) is 13.2. The summed E-state index contributed by atoms with van der Waals surface area (Å²) in [4.78, 5) is 20.5. The average Bonchev–Trinajstić information content (AvgIpc) is 2.89. The Labute approximate surface area is 146 Å². The molecule has 0 spiro atoms. The molecule has 3 heterocycles. The molecule has 1 amide bonds. The van der Waals surface area contributed by atoms with Gasteiger partial charge in [0.25, 0.3) is 0 Å². The van der Waals surface area contributed by atoms with E-state index in [1.807, 2.05) is 23.1 Å². The van der Waals surface area contributed by atoms with Crippen molar-refractivity contribution in [2.45, 2.75) is 17.1 Å². The van der Waals surface area contributed by atoms with Crippen LogP contribution in [0.2, 0.25) is 0 Å². The zero-order valence-corrected chi connectivity index (χ0v) is 14.9. The Morgan fingerprint density at radius 1 is 1.29 bits per heavy atom. The number of aromatic nitrogens is 1. The van der Waals surface area contributed by atoms with E-state index in [-0.39, 0.29) is 41.9 Å². The number of thioether (sulfide) groups is 1. The van der Waals surface area contributed by atoms with Gasteiger partial charge >= 0.3 is 0 Å². The lowest BCUT2D eigenvalue weighted by atomic mass is 10.0. The lowest BCUT2D eigenvalue weighted by molar-refractivity contribution is -0.134. The van der Waals surface area contributed by atoms with Crippen molar-refractivity contribution in [1.29, 1.82) is 0 Å². The summed E-state index contributed by atoms with van der Waals surface area (Å²) in [5.74, 6) is 0.274. The summed E-state index contributed by atoms with van der Waals surface area (Å²) in [6, 6.07) is 5.01. The first-order valence-corrected chi connectivity index (χ1v) is 10.7. The van der Waals surface area contributed by atoms with Gasteiger partial charge in [-0.3, -0.25) is 9.69 Å². The highest BCUT2D eigenvalue weighted by atomic mass is 32.2. The molecule has 2 aliphatic rings. The maximum atomic E-state index is 12.6. The first-order valence-electron chi connectivity index (χ1n) is 7.89. The van der Waals surface area contributed by atoms with Crippen LogP contribution in [0.15, 0.2) is 29.4 Å². The minimum Gasteiger partial charge on any atom is -0.395 e. The molecule has 1 aromatic heterocycles. The van der Waals surface area contributed by atoms with Crippen LogP contribution >= 0.6 is 11.8 Å². The van der Waals surface area contributed by atoms with E-state index in [0.717, 1.165) is 5.03 Å². The summed E-state index contributed by atoms with van der Waals surface area (Å²) in [6.07, 6.45) is 1.68. The van der Waals surface area contributed by atoms with E-state index in [0.29, 0.717) is 19.6 Å². The Hall–Kier alpha value is -1.16. The summed E-state index contributed by atoms with van der Waals surface area (Å²) in [6.45, 7) is 1.53. The van der Waals surface area contributed by atoms with Crippen molar-refractivity contribution in [3.8, 4) is 0 Å². The molecule has 9 heteroatoms. The van der Waals surface area contributed by atoms with E-state index in [1.165, 1.54) is 11.8 Å². The third-order valence-corrected chi connectivity index (χ3v) is 7.11. The number of hydrogen-bond donors (Lipinski definition) is 1. The monoisotopic (exact) mass is 371 g/mol. The van der Waals surface area contributed by atoms with E-state index in [1.54, 1.807) is 11.1 Å². The number of aliphatic hydroxyl groups is 1. The molecule has 0 unspecified atom stereocenters. The summed E-state index contributed by atoms with van der Waals surface area (Å²) in [7, 11) is -3.15. The average molecular weight is 371 g/mol. The number of hydrogen-bond acceptors (Lipinski definition) is 7. The van der Waals surface area contributed by atoms with Crippen LogP contribution in [0.3, 0.4) is 0 Å². The van der Waals surface area contributed by atoms with Crippen LogP contribution in [-0.2, 0) is 14.6 Å². The number of nitrogens with zero attached hydrogens (tertiary/aromatic N) is 3. The molecule has 2 aliphatic heterocycles. The Balaban J connectivity index is 1.68.